The SMILES string of the molecule is CCCCCC/C=C/CCCC(=O)OC(COCCC(C(=O)O)[N+](C)(C)C)COC(=O)CCCCCCCCCCC. The van der Waals surface area contributed by atoms with Crippen LogP contribution in [0.3, 0.4) is 0 Å². The zero-order valence-corrected chi connectivity index (χ0v) is 27.7. The van der Waals surface area contributed by atoms with Gasteiger partial charge in [0.2, 0.25) is 0 Å². The molecule has 0 aliphatic carbocycles. The van der Waals surface area contributed by atoms with Gasteiger partial charge in [-0.1, -0.05) is 96.6 Å². The quantitative estimate of drug-likeness (QED) is 0.0409. The summed E-state index contributed by atoms with van der Waals surface area (Å²) in [4.78, 5) is 36.4. The lowest BCUT2D eigenvalue weighted by atomic mass is 10.1. The third-order valence-electron chi connectivity index (χ3n) is 7.41. The fraction of sp³-hybridized carbons (Fsp3) is 0.853. The monoisotopic (exact) mass is 598 g/mol. The second kappa shape index (κ2) is 26.7. The van der Waals surface area contributed by atoms with Crippen LogP contribution in [0.15, 0.2) is 12.2 Å². The molecule has 0 saturated heterocycles. The number of likely N-dealkylation sites (N-methyl/N-ethyl adjacent to an activating group) is 1. The molecule has 8 nitrogen and oxygen atoms in total. The lowest BCUT2D eigenvalue weighted by Crippen LogP contribution is -2.50. The Bertz CT molecular complexity index is 717. The summed E-state index contributed by atoms with van der Waals surface area (Å²) in [5.74, 6) is -1.52. The average molecular weight is 599 g/mol. The summed E-state index contributed by atoms with van der Waals surface area (Å²) in [5, 5.41) is 9.53. The third-order valence-corrected chi connectivity index (χ3v) is 7.41. The molecular weight excluding hydrogens is 534 g/mol. The van der Waals surface area contributed by atoms with E-state index < -0.39 is 18.1 Å². The van der Waals surface area contributed by atoms with E-state index in [9.17, 15) is 19.5 Å². The van der Waals surface area contributed by atoms with Crippen LogP contribution < -0.4 is 0 Å². The molecule has 0 aromatic heterocycles. The van der Waals surface area contributed by atoms with Crippen molar-refractivity contribution in [2.24, 2.45) is 0 Å². The van der Waals surface area contributed by atoms with Gasteiger partial charge in [0, 0.05) is 19.3 Å². The Balaban J connectivity index is 4.53. The molecule has 0 aliphatic rings. The number of hydrogen-bond donors (Lipinski definition) is 1. The molecule has 0 aliphatic heterocycles. The molecule has 0 spiro atoms. The first-order chi connectivity index (χ1) is 20.1. The molecule has 0 amide bonds. The number of hydrogen-bond acceptors (Lipinski definition) is 6. The fourth-order valence-electron chi connectivity index (χ4n) is 4.74. The molecule has 0 bridgehead atoms. The Kier molecular flexibility index (Phi) is 25.5. The van der Waals surface area contributed by atoms with Crippen molar-refractivity contribution in [3.8, 4) is 0 Å². The standard InChI is InChI=1S/C34H63NO7/c1-6-8-10-12-14-16-18-20-22-24-32(36)41-29-30(28-40-27-26-31(34(38)39)35(3,4)5)42-33(37)25-23-21-19-17-15-13-11-9-7-2/h17,19,30-31H,6-16,18,20-29H2,1-5H3/p+1/b19-17+. The molecule has 0 fully saturated rings. The number of carboxylic acid groups (broad SMARTS) is 1. The van der Waals surface area contributed by atoms with Crippen molar-refractivity contribution >= 4 is 17.9 Å². The van der Waals surface area contributed by atoms with E-state index >= 15 is 0 Å². The topological polar surface area (TPSA) is 99.1 Å². The Morgan fingerprint density at radius 2 is 1.21 bits per heavy atom. The first-order valence-electron chi connectivity index (χ1n) is 16.7. The van der Waals surface area contributed by atoms with Gasteiger partial charge in [-0.05, 0) is 32.1 Å². The fourth-order valence-corrected chi connectivity index (χ4v) is 4.74. The van der Waals surface area contributed by atoms with Crippen LogP contribution >= 0.6 is 0 Å². The van der Waals surface area contributed by atoms with Crippen LogP contribution in [0.25, 0.3) is 0 Å². The van der Waals surface area contributed by atoms with Crippen molar-refractivity contribution in [1.82, 2.24) is 0 Å². The van der Waals surface area contributed by atoms with Crippen LogP contribution in [0.2, 0.25) is 0 Å². The van der Waals surface area contributed by atoms with Crippen molar-refractivity contribution < 1.29 is 38.2 Å². The zero-order chi connectivity index (χ0) is 31.5. The number of ether oxygens (including phenoxy) is 3. The Labute approximate surface area is 257 Å². The van der Waals surface area contributed by atoms with E-state index in [1.165, 1.54) is 64.2 Å². The number of esters is 2. The van der Waals surface area contributed by atoms with Gasteiger partial charge in [-0.3, -0.25) is 9.59 Å². The maximum atomic E-state index is 12.5. The highest BCUT2D eigenvalue weighted by Gasteiger charge is 2.31. The van der Waals surface area contributed by atoms with Crippen LogP contribution in [0.5, 0.6) is 0 Å². The van der Waals surface area contributed by atoms with Crippen molar-refractivity contribution in [1.29, 1.82) is 0 Å². The molecule has 0 aromatic carbocycles. The first kappa shape index (κ1) is 40.1. The minimum Gasteiger partial charge on any atom is -0.477 e. The summed E-state index contributed by atoms with van der Waals surface area (Å²) < 4.78 is 17.0. The van der Waals surface area contributed by atoms with Crippen molar-refractivity contribution in [3.05, 3.63) is 12.2 Å². The molecule has 1 N–H and O–H groups in total. The highest BCUT2D eigenvalue weighted by Crippen LogP contribution is 2.12. The molecule has 42 heavy (non-hydrogen) atoms. The van der Waals surface area contributed by atoms with E-state index in [0.717, 1.165) is 32.1 Å². The second-order valence-corrected chi connectivity index (χ2v) is 12.4. The van der Waals surface area contributed by atoms with E-state index in [2.05, 4.69) is 26.0 Å². The number of rotatable bonds is 29. The maximum Gasteiger partial charge on any atom is 0.362 e. The number of aliphatic carboxylic acids is 1. The number of unbranched alkanes of at least 4 members (excludes halogenated alkanes) is 13. The molecule has 0 radical (unpaired) electrons. The lowest BCUT2D eigenvalue weighted by Gasteiger charge is -2.31. The van der Waals surface area contributed by atoms with E-state index in [-0.39, 0.29) is 42.7 Å². The van der Waals surface area contributed by atoms with Gasteiger partial charge < -0.3 is 23.8 Å². The number of nitrogens with zero attached hydrogens (tertiary/aromatic N) is 1. The highest BCUT2D eigenvalue weighted by atomic mass is 16.6. The van der Waals surface area contributed by atoms with Crippen LogP contribution in [-0.4, -0.2) is 80.6 Å². The predicted molar refractivity (Wildman–Crippen MR) is 169 cm³/mol. The van der Waals surface area contributed by atoms with Crippen LogP contribution in [0.1, 0.15) is 136 Å². The molecular formula is C34H64NO7+. The van der Waals surface area contributed by atoms with Gasteiger partial charge in [0.05, 0.1) is 34.4 Å². The lowest BCUT2D eigenvalue weighted by molar-refractivity contribution is -0.887. The average Bonchev–Trinajstić information content (AvgIpc) is 2.92. The Morgan fingerprint density at radius 3 is 1.79 bits per heavy atom. The van der Waals surface area contributed by atoms with Gasteiger partial charge in [0.15, 0.2) is 12.1 Å². The summed E-state index contributed by atoms with van der Waals surface area (Å²) in [6.07, 6.45) is 22.7. The molecule has 246 valence electrons. The normalized spacial score (nSPS) is 13.3. The van der Waals surface area contributed by atoms with Crippen molar-refractivity contribution in [3.63, 3.8) is 0 Å². The Hall–Kier alpha value is -1.93. The van der Waals surface area contributed by atoms with Crippen LogP contribution in [0, 0.1) is 0 Å². The first-order valence-corrected chi connectivity index (χ1v) is 16.7. The van der Waals surface area contributed by atoms with Gasteiger partial charge >= 0.3 is 17.9 Å². The van der Waals surface area contributed by atoms with E-state index in [1.807, 2.05) is 21.1 Å². The van der Waals surface area contributed by atoms with Gasteiger partial charge in [0.1, 0.15) is 6.61 Å². The smallest absolute Gasteiger partial charge is 0.362 e. The highest BCUT2D eigenvalue weighted by molar-refractivity contribution is 5.72. The minimum absolute atomic E-state index is 0.0538. The molecule has 0 heterocycles. The number of quaternary nitrogens is 1. The van der Waals surface area contributed by atoms with E-state index in [4.69, 9.17) is 14.2 Å². The van der Waals surface area contributed by atoms with E-state index in [1.54, 1.807) is 0 Å². The zero-order valence-electron chi connectivity index (χ0n) is 27.7. The molecule has 2 atom stereocenters. The summed E-state index contributed by atoms with van der Waals surface area (Å²) in [7, 11) is 5.49. The molecule has 0 rings (SSSR count). The van der Waals surface area contributed by atoms with Crippen molar-refractivity contribution in [2.45, 2.75) is 148 Å². The molecule has 0 aromatic rings. The molecule has 0 saturated carbocycles. The van der Waals surface area contributed by atoms with E-state index in [0.29, 0.717) is 19.3 Å². The van der Waals surface area contributed by atoms with Gasteiger partial charge in [-0.15, -0.1) is 0 Å². The largest absolute Gasteiger partial charge is 0.477 e. The summed E-state index contributed by atoms with van der Waals surface area (Å²) in [5.41, 5.74) is 0. The number of allylic oxidation sites excluding steroid dienone is 2. The summed E-state index contributed by atoms with van der Waals surface area (Å²) >= 11 is 0. The maximum absolute atomic E-state index is 12.5. The molecule has 8 heteroatoms. The Morgan fingerprint density at radius 1 is 0.690 bits per heavy atom. The second-order valence-electron chi connectivity index (χ2n) is 12.4. The summed E-state index contributed by atoms with van der Waals surface area (Å²) in [6, 6.07) is -0.611. The van der Waals surface area contributed by atoms with Crippen LogP contribution in [0.4, 0.5) is 0 Å². The number of carbonyl (C=O) groups is 3. The molecule has 2 unspecified atom stereocenters. The number of carbonyl (C=O) groups excluding carboxylic acids is 2. The van der Waals surface area contributed by atoms with Crippen molar-refractivity contribution in [2.75, 3.05) is 41.0 Å². The third kappa shape index (κ3) is 24.6. The summed E-state index contributed by atoms with van der Waals surface area (Å²) in [6.45, 7) is 4.62. The minimum atomic E-state index is -0.880. The van der Waals surface area contributed by atoms with Crippen LogP contribution in [-0.2, 0) is 28.6 Å². The van der Waals surface area contributed by atoms with Gasteiger partial charge in [-0.25, -0.2) is 4.79 Å². The van der Waals surface area contributed by atoms with Gasteiger partial charge in [0.25, 0.3) is 0 Å². The predicted octanol–water partition coefficient (Wildman–Crippen LogP) is 7.63. The number of carboxylic acids is 1. The van der Waals surface area contributed by atoms with Gasteiger partial charge in [-0.2, -0.15) is 0 Å².